The second-order valence-electron chi connectivity index (χ2n) is 5.27. The van der Waals surface area contributed by atoms with Crippen LogP contribution in [0.3, 0.4) is 0 Å². The van der Waals surface area contributed by atoms with Gasteiger partial charge in [-0.15, -0.1) is 11.8 Å². The molecule has 2 aromatic carbocycles. The molecule has 1 aliphatic carbocycles. The van der Waals surface area contributed by atoms with Gasteiger partial charge in [-0.1, -0.05) is 36.4 Å². The Kier molecular flexibility index (Phi) is 4.15. The fourth-order valence-electron chi connectivity index (χ4n) is 2.74. The number of nitrogens with two attached hydrogens (primary N) is 1. The van der Waals surface area contributed by atoms with Crippen LogP contribution >= 0.6 is 11.8 Å². The van der Waals surface area contributed by atoms with Crippen LogP contribution in [-0.4, -0.2) is 17.7 Å². The highest BCUT2D eigenvalue weighted by Crippen LogP contribution is 2.30. The van der Waals surface area contributed by atoms with Crippen molar-refractivity contribution in [2.75, 3.05) is 11.1 Å². The fourth-order valence-corrected chi connectivity index (χ4v) is 3.50. The summed E-state index contributed by atoms with van der Waals surface area (Å²) < 4.78 is 0. The predicted octanol–water partition coefficient (Wildman–Crippen LogP) is 2.84. The Morgan fingerprint density at radius 1 is 1.10 bits per heavy atom. The zero-order chi connectivity index (χ0) is 14.7. The van der Waals surface area contributed by atoms with Crippen LogP contribution in [-0.2, 0) is 17.6 Å². The maximum atomic E-state index is 11.0. The highest BCUT2D eigenvalue weighted by atomic mass is 32.2. The number of amides is 1. The van der Waals surface area contributed by atoms with E-state index in [9.17, 15) is 4.79 Å². The van der Waals surface area contributed by atoms with Gasteiger partial charge in [0, 0.05) is 16.6 Å². The largest absolute Gasteiger partial charge is 0.381 e. The van der Waals surface area contributed by atoms with Gasteiger partial charge in [-0.3, -0.25) is 4.79 Å². The Morgan fingerprint density at radius 2 is 1.71 bits per heavy atom. The van der Waals surface area contributed by atoms with Gasteiger partial charge in [-0.05, 0) is 36.1 Å². The average Bonchev–Trinajstić information content (AvgIpc) is 2.88. The van der Waals surface area contributed by atoms with E-state index in [2.05, 4.69) is 35.6 Å². The summed E-state index contributed by atoms with van der Waals surface area (Å²) in [6.45, 7) is 0. The molecule has 0 aliphatic heterocycles. The molecule has 3 nitrogen and oxygen atoms in total. The van der Waals surface area contributed by atoms with E-state index in [1.165, 1.54) is 22.9 Å². The molecule has 1 aliphatic rings. The number of carbonyl (C=O) groups is 1. The van der Waals surface area contributed by atoms with Gasteiger partial charge in [-0.2, -0.15) is 0 Å². The molecule has 3 N–H and O–H groups in total. The van der Waals surface area contributed by atoms with E-state index in [4.69, 9.17) is 5.73 Å². The molecular formula is C17H18N2OS. The Labute approximate surface area is 128 Å². The number of benzene rings is 2. The lowest BCUT2D eigenvalue weighted by Gasteiger charge is -2.16. The molecule has 4 heteroatoms. The van der Waals surface area contributed by atoms with Crippen LogP contribution in [0.4, 0.5) is 5.69 Å². The number of primary amides is 1. The summed E-state index contributed by atoms with van der Waals surface area (Å²) in [6.07, 6.45) is 2.09. The minimum absolute atomic E-state index is 0.289. The lowest BCUT2D eigenvalue weighted by Crippen LogP contribution is -2.20. The summed E-state index contributed by atoms with van der Waals surface area (Å²) in [4.78, 5) is 12.0. The molecule has 0 bridgehead atoms. The topological polar surface area (TPSA) is 55.1 Å². The van der Waals surface area contributed by atoms with Crippen LogP contribution in [0.1, 0.15) is 11.1 Å². The van der Waals surface area contributed by atoms with Gasteiger partial charge >= 0.3 is 0 Å². The van der Waals surface area contributed by atoms with Crippen molar-refractivity contribution >= 4 is 23.4 Å². The van der Waals surface area contributed by atoms with Crippen LogP contribution in [0.2, 0.25) is 0 Å². The van der Waals surface area contributed by atoms with Crippen molar-refractivity contribution in [3.8, 4) is 0 Å². The molecule has 0 fully saturated rings. The number of hydrogen-bond donors (Lipinski definition) is 2. The van der Waals surface area contributed by atoms with Gasteiger partial charge in [0.25, 0.3) is 0 Å². The van der Waals surface area contributed by atoms with E-state index < -0.39 is 0 Å². The Morgan fingerprint density at radius 3 is 2.38 bits per heavy atom. The number of thioether (sulfide) groups is 1. The third kappa shape index (κ3) is 3.39. The number of anilines is 1. The third-order valence-corrected chi connectivity index (χ3v) is 4.76. The van der Waals surface area contributed by atoms with Crippen molar-refractivity contribution in [1.82, 2.24) is 0 Å². The van der Waals surface area contributed by atoms with Crippen molar-refractivity contribution < 1.29 is 4.79 Å². The summed E-state index contributed by atoms with van der Waals surface area (Å²) in [5, 5.41) is 3.61. The summed E-state index contributed by atoms with van der Waals surface area (Å²) in [7, 11) is 0. The maximum Gasteiger partial charge on any atom is 0.227 e. The second kappa shape index (κ2) is 6.22. The number of carbonyl (C=O) groups excluding carboxylic acids is 1. The zero-order valence-corrected chi connectivity index (χ0v) is 12.5. The van der Waals surface area contributed by atoms with Crippen molar-refractivity contribution in [2.45, 2.75) is 23.8 Å². The highest BCUT2D eigenvalue weighted by Gasteiger charge is 2.21. The lowest BCUT2D eigenvalue weighted by atomic mass is 10.1. The second-order valence-corrected chi connectivity index (χ2v) is 6.29. The van der Waals surface area contributed by atoms with Crippen LogP contribution in [0.15, 0.2) is 53.4 Å². The number of para-hydroxylation sites is 1. The molecule has 0 heterocycles. The molecule has 21 heavy (non-hydrogen) atoms. The molecule has 0 unspecified atom stereocenters. The van der Waals surface area contributed by atoms with E-state index >= 15 is 0 Å². The van der Waals surface area contributed by atoms with Gasteiger partial charge in [-0.25, -0.2) is 0 Å². The van der Waals surface area contributed by atoms with Gasteiger partial charge in [0.05, 0.1) is 5.75 Å². The summed E-state index contributed by atoms with van der Waals surface area (Å²) in [5.41, 5.74) is 9.17. The number of fused-ring (bicyclic) bond motifs is 1. The molecule has 0 spiro atoms. The van der Waals surface area contributed by atoms with Gasteiger partial charge in [0.2, 0.25) is 5.91 Å². The van der Waals surface area contributed by atoms with Crippen molar-refractivity contribution in [3.05, 3.63) is 59.7 Å². The molecule has 0 atom stereocenters. The van der Waals surface area contributed by atoms with Crippen LogP contribution in [0.25, 0.3) is 0 Å². The summed E-state index contributed by atoms with van der Waals surface area (Å²) in [5.74, 6) is 0.0203. The van der Waals surface area contributed by atoms with Gasteiger partial charge in [0.15, 0.2) is 0 Å². The standard InChI is InChI=1S/C17H18N2OS/c18-17(20)11-21-16-8-4-3-7-15(16)19-14-9-12-5-1-2-6-13(12)10-14/h1-8,14,19H,9-11H2,(H2,18,20). The molecule has 108 valence electrons. The highest BCUT2D eigenvalue weighted by molar-refractivity contribution is 8.00. The Hall–Kier alpha value is -1.94. The molecular weight excluding hydrogens is 280 g/mol. The van der Waals surface area contributed by atoms with Crippen LogP contribution < -0.4 is 11.1 Å². The van der Waals surface area contributed by atoms with Crippen LogP contribution in [0, 0.1) is 0 Å². The van der Waals surface area contributed by atoms with Gasteiger partial charge < -0.3 is 11.1 Å². The summed E-state index contributed by atoms with van der Waals surface area (Å²) in [6, 6.07) is 17.1. The number of rotatable bonds is 5. The lowest BCUT2D eigenvalue weighted by molar-refractivity contribution is -0.115. The van der Waals surface area contributed by atoms with E-state index in [-0.39, 0.29) is 5.91 Å². The molecule has 0 aromatic heterocycles. The van der Waals surface area contributed by atoms with Crippen LogP contribution in [0.5, 0.6) is 0 Å². The molecule has 2 aromatic rings. The minimum atomic E-state index is -0.289. The van der Waals surface area contributed by atoms with E-state index in [0.29, 0.717) is 11.8 Å². The molecule has 0 saturated heterocycles. The average molecular weight is 298 g/mol. The van der Waals surface area contributed by atoms with Crippen molar-refractivity contribution in [1.29, 1.82) is 0 Å². The molecule has 0 radical (unpaired) electrons. The first-order chi connectivity index (χ1) is 10.2. The molecule has 1 amide bonds. The molecule has 3 rings (SSSR count). The first-order valence-corrected chi connectivity index (χ1v) is 8.04. The first-order valence-electron chi connectivity index (χ1n) is 7.06. The van der Waals surface area contributed by atoms with Crippen molar-refractivity contribution in [2.24, 2.45) is 5.73 Å². The smallest absolute Gasteiger partial charge is 0.227 e. The predicted molar refractivity (Wildman–Crippen MR) is 87.6 cm³/mol. The SMILES string of the molecule is NC(=O)CSc1ccccc1NC1Cc2ccccc2C1. The van der Waals surface area contributed by atoms with E-state index in [0.717, 1.165) is 23.4 Å². The third-order valence-electron chi connectivity index (χ3n) is 3.67. The number of hydrogen-bond acceptors (Lipinski definition) is 3. The fraction of sp³-hybridized carbons (Fsp3) is 0.235. The van der Waals surface area contributed by atoms with Gasteiger partial charge in [0.1, 0.15) is 0 Å². The van der Waals surface area contributed by atoms with E-state index in [1.54, 1.807) is 0 Å². The molecule has 0 saturated carbocycles. The zero-order valence-electron chi connectivity index (χ0n) is 11.7. The minimum Gasteiger partial charge on any atom is -0.381 e. The van der Waals surface area contributed by atoms with E-state index in [1.807, 2.05) is 18.2 Å². The quantitative estimate of drug-likeness (QED) is 0.835. The Balaban J connectivity index is 1.70. The summed E-state index contributed by atoms with van der Waals surface area (Å²) >= 11 is 1.49. The maximum absolute atomic E-state index is 11.0. The number of nitrogens with one attached hydrogen (secondary N) is 1. The normalized spacial score (nSPS) is 13.9. The first kappa shape index (κ1) is 14.0. The van der Waals surface area contributed by atoms with Crippen molar-refractivity contribution in [3.63, 3.8) is 0 Å². The Bertz CT molecular complexity index is 632. The monoisotopic (exact) mass is 298 g/mol.